The number of methoxy groups -OCH3 is 1. The van der Waals surface area contributed by atoms with Gasteiger partial charge in [-0.05, 0) is 0 Å². The normalized spacial score (nSPS) is 9.62. The molecule has 0 atom stereocenters. The van der Waals surface area contributed by atoms with Gasteiger partial charge in [0, 0.05) is 26.6 Å². The maximum absolute atomic E-state index is 11.1. The quantitative estimate of drug-likeness (QED) is 0.461. The predicted molar refractivity (Wildman–Crippen MR) is 55.9 cm³/mol. The summed E-state index contributed by atoms with van der Waals surface area (Å²) in [6.45, 7) is 0.835. The van der Waals surface area contributed by atoms with Crippen LogP contribution in [0, 0.1) is 0 Å². The monoisotopic (exact) mass is 234 g/mol. The molecule has 0 unspecified atom stereocenters. The molecule has 0 aromatic rings. The third-order valence-corrected chi connectivity index (χ3v) is 1.57. The molecule has 3 N–H and O–H groups in total. The van der Waals surface area contributed by atoms with Crippen molar-refractivity contribution in [3.8, 4) is 0 Å². The van der Waals surface area contributed by atoms with Gasteiger partial charge in [-0.15, -0.1) is 0 Å². The maximum Gasteiger partial charge on any atom is 0.407 e. The minimum Gasteiger partial charge on any atom is -0.447 e. The van der Waals surface area contributed by atoms with Crippen molar-refractivity contribution in [3.05, 3.63) is 0 Å². The third kappa shape index (κ3) is 9.22. The molecule has 0 aliphatic rings. The molecule has 0 saturated carbocycles. The first-order valence-corrected chi connectivity index (χ1v) is 4.97. The van der Waals surface area contributed by atoms with Gasteiger partial charge in [-0.1, -0.05) is 0 Å². The fourth-order valence-corrected chi connectivity index (χ4v) is 0.848. The lowest BCUT2D eigenvalue weighted by molar-refractivity contribution is -0.121. The Kier molecular flexibility index (Phi) is 9.33. The van der Waals surface area contributed by atoms with Crippen molar-refractivity contribution in [2.75, 3.05) is 40.0 Å². The van der Waals surface area contributed by atoms with Crippen molar-refractivity contribution in [1.82, 2.24) is 10.6 Å². The van der Waals surface area contributed by atoms with Gasteiger partial charge in [0.05, 0.1) is 13.2 Å². The fourth-order valence-electron chi connectivity index (χ4n) is 0.848. The van der Waals surface area contributed by atoms with E-state index in [2.05, 4.69) is 15.4 Å². The van der Waals surface area contributed by atoms with E-state index in [1.165, 1.54) is 0 Å². The van der Waals surface area contributed by atoms with Crippen molar-refractivity contribution in [3.63, 3.8) is 0 Å². The number of hydrogen-bond donors (Lipinski definition) is 3. The molecule has 0 fully saturated rings. The number of aliphatic hydroxyl groups excluding tert-OH is 1. The van der Waals surface area contributed by atoms with Crippen LogP contribution < -0.4 is 10.6 Å². The highest BCUT2D eigenvalue weighted by atomic mass is 16.6. The zero-order chi connectivity index (χ0) is 12.2. The van der Waals surface area contributed by atoms with Crippen molar-refractivity contribution in [2.24, 2.45) is 0 Å². The van der Waals surface area contributed by atoms with E-state index in [4.69, 9.17) is 9.84 Å². The Labute approximate surface area is 94.1 Å². The Morgan fingerprint density at radius 2 is 1.94 bits per heavy atom. The maximum atomic E-state index is 11.1. The standard InChI is InChI=1S/C9H18N2O5/c1-15-6-4-10-8(13)2-3-11-9(14)16-7-5-12/h12H,2-7H2,1H3,(H,10,13)(H,11,14). The first kappa shape index (κ1) is 14.7. The van der Waals surface area contributed by atoms with Crippen molar-refractivity contribution in [2.45, 2.75) is 6.42 Å². The second kappa shape index (κ2) is 10.2. The van der Waals surface area contributed by atoms with Crippen molar-refractivity contribution >= 4 is 12.0 Å². The third-order valence-electron chi connectivity index (χ3n) is 1.57. The van der Waals surface area contributed by atoms with Gasteiger partial charge < -0.3 is 25.2 Å². The summed E-state index contributed by atoms with van der Waals surface area (Å²) < 4.78 is 9.27. The molecule has 0 aromatic heterocycles. The highest BCUT2D eigenvalue weighted by Gasteiger charge is 2.03. The molecule has 7 heteroatoms. The minimum absolute atomic E-state index is 0.0497. The number of alkyl carbamates (subject to hydrolysis) is 1. The minimum atomic E-state index is -0.640. The van der Waals surface area contributed by atoms with E-state index in [9.17, 15) is 9.59 Å². The van der Waals surface area contributed by atoms with Crippen LogP contribution in [-0.2, 0) is 14.3 Å². The van der Waals surface area contributed by atoms with Gasteiger partial charge in [-0.3, -0.25) is 4.79 Å². The number of aliphatic hydroxyl groups is 1. The molecule has 0 spiro atoms. The fraction of sp³-hybridized carbons (Fsp3) is 0.778. The van der Waals surface area contributed by atoms with Crippen molar-refractivity contribution < 1.29 is 24.2 Å². The van der Waals surface area contributed by atoms with Gasteiger partial charge in [0.25, 0.3) is 0 Å². The molecule has 16 heavy (non-hydrogen) atoms. The molecule has 7 nitrogen and oxygen atoms in total. The molecule has 94 valence electrons. The number of rotatable bonds is 8. The zero-order valence-electron chi connectivity index (χ0n) is 9.32. The lowest BCUT2D eigenvalue weighted by Gasteiger charge is -2.06. The Morgan fingerprint density at radius 1 is 1.19 bits per heavy atom. The molecule has 0 aromatic carbocycles. The summed E-state index contributed by atoms with van der Waals surface area (Å²) in [6, 6.07) is 0. The summed E-state index contributed by atoms with van der Waals surface area (Å²) in [4.78, 5) is 22.0. The highest BCUT2D eigenvalue weighted by molar-refractivity contribution is 5.76. The zero-order valence-corrected chi connectivity index (χ0v) is 9.32. The largest absolute Gasteiger partial charge is 0.447 e. The van der Waals surface area contributed by atoms with Crippen LogP contribution in [-0.4, -0.2) is 57.1 Å². The van der Waals surface area contributed by atoms with E-state index in [-0.39, 0.29) is 32.1 Å². The highest BCUT2D eigenvalue weighted by Crippen LogP contribution is 1.81. The Balaban J connectivity index is 3.36. The SMILES string of the molecule is COCCNC(=O)CCNC(=O)OCCO. The Bertz CT molecular complexity index is 210. The number of hydrogen-bond acceptors (Lipinski definition) is 5. The van der Waals surface area contributed by atoms with Crippen LogP contribution in [0.15, 0.2) is 0 Å². The molecule has 0 bridgehead atoms. The molecule has 0 saturated heterocycles. The van der Waals surface area contributed by atoms with E-state index in [0.29, 0.717) is 13.2 Å². The van der Waals surface area contributed by atoms with Crippen molar-refractivity contribution in [1.29, 1.82) is 0 Å². The van der Waals surface area contributed by atoms with E-state index < -0.39 is 6.09 Å². The molecule has 0 aliphatic carbocycles. The number of carbonyl (C=O) groups excluding carboxylic acids is 2. The van der Waals surface area contributed by atoms with Crippen LogP contribution >= 0.6 is 0 Å². The van der Waals surface area contributed by atoms with E-state index in [1.807, 2.05) is 0 Å². The van der Waals surface area contributed by atoms with Crippen LogP contribution in [0.5, 0.6) is 0 Å². The first-order chi connectivity index (χ1) is 7.70. The van der Waals surface area contributed by atoms with Gasteiger partial charge >= 0.3 is 6.09 Å². The van der Waals surface area contributed by atoms with Gasteiger partial charge in [0.1, 0.15) is 6.61 Å². The van der Waals surface area contributed by atoms with Crippen LogP contribution in [0.25, 0.3) is 0 Å². The number of ether oxygens (including phenoxy) is 2. The second-order valence-corrected chi connectivity index (χ2v) is 2.88. The summed E-state index contributed by atoms with van der Waals surface area (Å²) in [6.07, 6.45) is -0.462. The lowest BCUT2D eigenvalue weighted by atomic mass is 10.4. The summed E-state index contributed by atoms with van der Waals surface area (Å²) >= 11 is 0. The summed E-state index contributed by atoms with van der Waals surface area (Å²) in [5, 5.41) is 13.3. The van der Waals surface area contributed by atoms with Gasteiger partial charge in [0.15, 0.2) is 0 Å². The van der Waals surface area contributed by atoms with Gasteiger partial charge in [-0.25, -0.2) is 4.79 Å². The Morgan fingerprint density at radius 3 is 2.56 bits per heavy atom. The molecule has 0 radical (unpaired) electrons. The average molecular weight is 234 g/mol. The van der Waals surface area contributed by atoms with Crippen LogP contribution in [0.4, 0.5) is 4.79 Å². The van der Waals surface area contributed by atoms with E-state index in [1.54, 1.807) is 7.11 Å². The molecule has 0 rings (SSSR count). The van der Waals surface area contributed by atoms with Crippen LogP contribution in [0.3, 0.4) is 0 Å². The van der Waals surface area contributed by atoms with E-state index in [0.717, 1.165) is 0 Å². The second-order valence-electron chi connectivity index (χ2n) is 2.88. The van der Waals surface area contributed by atoms with E-state index >= 15 is 0 Å². The molecular formula is C9H18N2O5. The number of amides is 2. The summed E-state index contributed by atoms with van der Waals surface area (Å²) in [7, 11) is 1.55. The van der Waals surface area contributed by atoms with Gasteiger partial charge in [0.2, 0.25) is 5.91 Å². The molecule has 0 heterocycles. The first-order valence-electron chi connectivity index (χ1n) is 4.97. The van der Waals surface area contributed by atoms with Crippen LogP contribution in [0.1, 0.15) is 6.42 Å². The predicted octanol–water partition coefficient (Wildman–Crippen LogP) is -1.14. The molecule has 2 amide bonds. The lowest BCUT2D eigenvalue weighted by Crippen LogP contribution is -2.32. The molecular weight excluding hydrogens is 216 g/mol. The smallest absolute Gasteiger partial charge is 0.407 e. The number of carbonyl (C=O) groups is 2. The van der Waals surface area contributed by atoms with Gasteiger partial charge in [-0.2, -0.15) is 0 Å². The summed E-state index contributed by atoms with van der Waals surface area (Å²) in [5.74, 6) is -0.167. The Hall–Kier alpha value is -1.34. The molecule has 0 aliphatic heterocycles. The topological polar surface area (TPSA) is 96.9 Å². The average Bonchev–Trinajstić information content (AvgIpc) is 2.26. The summed E-state index contributed by atoms with van der Waals surface area (Å²) in [5.41, 5.74) is 0. The number of nitrogens with one attached hydrogen (secondary N) is 2. The van der Waals surface area contributed by atoms with Crippen LogP contribution in [0.2, 0.25) is 0 Å².